The summed E-state index contributed by atoms with van der Waals surface area (Å²) in [4.78, 5) is 16.6. The van der Waals surface area contributed by atoms with Crippen molar-refractivity contribution >= 4 is 11.9 Å². The van der Waals surface area contributed by atoms with E-state index in [4.69, 9.17) is 4.74 Å². The second kappa shape index (κ2) is 11.6. The van der Waals surface area contributed by atoms with Gasteiger partial charge in [0.1, 0.15) is 5.75 Å². The summed E-state index contributed by atoms with van der Waals surface area (Å²) in [7, 11) is 1.66. The van der Waals surface area contributed by atoms with Crippen LogP contribution in [-0.4, -0.2) is 38.6 Å². The van der Waals surface area contributed by atoms with Crippen molar-refractivity contribution in [3.05, 3.63) is 65.2 Å². The fourth-order valence-corrected chi connectivity index (χ4v) is 2.71. The Kier molecular flexibility index (Phi) is 8.85. The van der Waals surface area contributed by atoms with E-state index in [0.717, 1.165) is 23.3 Å². The smallest absolute Gasteiger partial charge is 0.239 e. The quantitative estimate of drug-likeness (QED) is 0.460. The second-order valence-corrected chi connectivity index (χ2v) is 6.45. The van der Waals surface area contributed by atoms with E-state index in [9.17, 15) is 4.79 Å². The number of guanidine groups is 1. The highest BCUT2D eigenvalue weighted by molar-refractivity contribution is 5.86. The molecule has 28 heavy (non-hydrogen) atoms. The molecular weight excluding hydrogens is 352 g/mol. The molecule has 0 heterocycles. The van der Waals surface area contributed by atoms with Crippen LogP contribution in [0, 0.1) is 6.92 Å². The minimum Gasteiger partial charge on any atom is -0.496 e. The van der Waals surface area contributed by atoms with E-state index < -0.39 is 0 Å². The molecule has 0 spiro atoms. The van der Waals surface area contributed by atoms with Crippen molar-refractivity contribution in [2.75, 3.05) is 26.7 Å². The lowest BCUT2D eigenvalue weighted by atomic mass is 10.1. The molecule has 0 aliphatic heterocycles. The van der Waals surface area contributed by atoms with E-state index in [0.29, 0.717) is 25.6 Å². The van der Waals surface area contributed by atoms with Gasteiger partial charge >= 0.3 is 0 Å². The Hall–Kier alpha value is -3.02. The zero-order valence-electron chi connectivity index (χ0n) is 16.9. The third kappa shape index (κ3) is 7.31. The molecule has 0 aliphatic carbocycles. The summed E-state index contributed by atoms with van der Waals surface area (Å²) < 4.78 is 5.42. The number of nitrogens with one attached hydrogen (secondary N) is 3. The maximum Gasteiger partial charge on any atom is 0.239 e. The largest absolute Gasteiger partial charge is 0.496 e. The van der Waals surface area contributed by atoms with Crippen molar-refractivity contribution in [1.82, 2.24) is 16.0 Å². The molecule has 0 saturated heterocycles. The summed E-state index contributed by atoms with van der Waals surface area (Å²) in [5, 5.41) is 9.15. The summed E-state index contributed by atoms with van der Waals surface area (Å²) in [5.41, 5.74) is 3.34. The standard InChI is InChI=1S/C22H30N4O2/c1-4-23-22(25-15-19-11-10-17(2)14-20(19)28-3)26-16-21(27)24-13-12-18-8-6-5-7-9-18/h5-11,14H,4,12-13,15-16H2,1-3H3,(H,24,27)(H2,23,25,26). The first kappa shape index (κ1) is 21.3. The predicted molar refractivity (Wildman–Crippen MR) is 114 cm³/mol. The van der Waals surface area contributed by atoms with Crippen LogP contribution in [0.25, 0.3) is 0 Å². The molecule has 6 heteroatoms. The van der Waals surface area contributed by atoms with Crippen LogP contribution in [0.3, 0.4) is 0 Å². The molecule has 2 aromatic rings. The predicted octanol–water partition coefficient (Wildman–Crippen LogP) is 2.42. The topological polar surface area (TPSA) is 74.8 Å². The van der Waals surface area contributed by atoms with Crippen molar-refractivity contribution < 1.29 is 9.53 Å². The van der Waals surface area contributed by atoms with E-state index in [1.807, 2.05) is 50.2 Å². The van der Waals surface area contributed by atoms with E-state index in [2.05, 4.69) is 33.1 Å². The van der Waals surface area contributed by atoms with E-state index in [1.165, 1.54) is 5.56 Å². The highest BCUT2D eigenvalue weighted by Gasteiger charge is 2.06. The first-order chi connectivity index (χ1) is 13.6. The van der Waals surface area contributed by atoms with Crippen molar-refractivity contribution in [1.29, 1.82) is 0 Å². The molecule has 0 fully saturated rings. The van der Waals surface area contributed by atoms with Crippen LogP contribution in [0.4, 0.5) is 0 Å². The fourth-order valence-electron chi connectivity index (χ4n) is 2.71. The Bertz CT molecular complexity index is 775. The van der Waals surface area contributed by atoms with Crippen LogP contribution in [0.1, 0.15) is 23.6 Å². The molecule has 2 aromatic carbocycles. The Morgan fingerprint density at radius 1 is 1.07 bits per heavy atom. The highest BCUT2D eigenvalue weighted by atomic mass is 16.5. The molecule has 1 amide bonds. The van der Waals surface area contributed by atoms with Gasteiger partial charge in [-0.15, -0.1) is 0 Å². The maximum atomic E-state index is 12.1. The van der Waals surface area contributed by atoms with Gasteiger partial charge in [0.05, 0.1) is 20.2 Å². The number of carbonyl (C=O) groups is 1. The minimum atomic E-state index is -0.0607. The summed E-state index contributed by atoms with van der Waals surface area (Å²) in [6.07, 6.45) is 0.813. The molecule has 0 aromatic heterocycles. The maximum absolute atomic E-state index is 12.1. The minimum absolute atomic E-state index is 0.0607. The summed E-state index contributed by atoms with van der Waals surface area (Å²) in [5.74, 6) is 1.36. The average Bonchev–Trinajstić information content (AvgIpc) is 2.71. The van der Waals surface area contributed by atoms with Gasteiger partial charge in [-0.3, -0.25) is 4.79 Å². The second-order valence-electron chi connectivity index (χ2n) is 6.45. The summed E-state index contributed by atoms with van der Waals surface area (Å²) in [6.45, 7) is 5.98. The van der Waals surface area contributed by atoms with Crippen LogP contribution in [0.2, 0.25) is 0 Å². The molecule has 150 valence electrons. The van der Waals surface area contributed by atoms with Gasteiger partial charge in [-0.1, -0.05) is 42.5 Å². The number of amides is 1. The van der Waals surface area contributed by atoms with Gasteiger partial charge in [-0.05, 0) is 37.5 Å². The molecule has 0 bridgehead atoms. The van der Waals surface area contributed by atoms with Gasteiger partial charge in [-0.25, -0.2) is 4.99 Å². The first-order valence-corrected chi connectivity index (χ1v) is 9.58. The molecule has 3 N–H and O–H groups in total. The molecule has 6 nitrogen and oxygen atoms in total. The third-order valence-electron chi connectivity index (χ3n) is 4.19. The van der Waals surface area contributed by atoms with Crippen molar-refractivity contribution in [3.63, 3.8) is 0 Å². The number of aliphatic imine (C=N–C) groups is 1. The monoisotopic (exact) mass is 382 g/mol. The summed E-state index contributed by atoms with van der Waals surface area (Å²) in [6, 6.07) is 16.1. The van der Waals surface area contributed by atoms with Crippen LogP contribution in [0.15, 0.2) is 53.5 Å². The van der Waals surface area contributed by atoms with E-state index in [-0.39, 0.29) is 12.5 Å². The highest BCUT2D eigenvalue weighted by Crippen LogP contribution is 2.20. The van der Waals surface area contributed by atoms with Crippen molar-refractivity contribution in [3.8, 4) is 5.75 Å². The number of methoxy groups -OCH3 is 1. The van der Waals surface area contributed by atoms with Gasteiger partial charge in [0.25, 0.3) is 0 Å². The van der Waals surface area contributed by atoms with Crippen LogP contribution in [-0.2, 0) is 17.8 Å². The first-order valence-electron chi connectivity index (χ1n) is 9.58. The number of rotatable bonds is 9. The van der Waals surface area contributed by atoms with E-state index in [1.54, 1.807) is 7.11 Å². The number of benzene rings is 2. The number of aryl methyl sites for hydroxylation is 1. The zero-order chi connectivity index (χ0) is 20.2. The lowest BCUT2D eigenvalue weighted by Gasteiger charge is -2.12. The normalized spacial score (nSPS) is 11.0. The molecule has 0 atom stereocenters. The van der Waals surface area contributed by atoms with Crippen molar-refractivity contribution in [2.24, 2.45) is 4.99 Å². The van der Waals surface area contributed by atoms with Crippen LogP contribution < -0.4 is 20.7 Å². The van der Waals surface area contributed by atoms with Gasteiger partial charge in [0.2, 0.25) is 5.91 Å². The molecule has 0 radical (unpaired) electrons. The molecular formula is C22H30N4O2. The Morgan fingerprint density at radius 2 is 1.86 bits per heavy atom. The number of ether oxygens (including phenoxy) is 1. The average molecular weight is 383 g/mol. The lowest BCUT2D eigenvalue weighted by Crippen LogP contribution is -2.43. The molecule has 0 unspecified atom stereocenters. The number of carbonyl (C=O) groups excluding carboxylic acids is 1. The number of hydrogen-bond donors (Lipinski definition) is 3. The number of hydrogen-bond acceptors (Lipinski definition) is 3. The third-order valence-corrected chi connectivity index (χ3v) is 4.19. The molecule has 2 rings (SSSR count). The number of nitrogens with zero attached hydrogens (tertiary/aromatic N) is 1. The fraction of sp³-hybridized carbons (Fsp3) is 0.364. The van der Waals surface area contributed by atoms with Gasteiger partial charge in [0, 0.05) is 18.7 Å². The molecule has 0 saturated carbocycles. The SMILES string of the molecule is CCNC(=NCc1ccc(C)cc1OC)NCC(=O)NCCc1ccccc1. The van der Waals surface area contributed by atoms with Gasteiger partial charge in [-0.2, -0.15) is 0 Å². The van der Waals surface area contributed by atoms with Crippen LogP contribution in [0.5, 0.6) is 5.75 Å². The molecule has 0 aliphatic rings. The van der Waals surface area contributed by atoms with E-state index >= 15 is 0 Å². The van der Waals surface area contributed by atoms with Gasteiger partial charge in [0.15, 0.2) is 5.96 Å². The van der Waals surface area contributed by atoms with Gasteiger partial charge < -0.3 is 20.7 Å². The Morgan fingerprint density at radius 3 is 2.57 bits per heavy atom. The Labute approximate surface area is 167 Å². The Balaban J connectivity index is 1.82. The van der Waals surface area contributed by atoms with Crippen LogP contribution >= 0.6 is 0 Å². The zero-order valence-corrected chi connectivity index (χ0v) is 16.9. The summed E-state index contributed by atoms with van der Waals surface area (Å²) >= 11 is 0. The lowest BCUT2D eigenvalue weighted by molar-refractivity contribution is -0.119. The van der Waals surface area contributed by atoms with Crippen molar-refractivity contribution in [2.45, 2.75) is 26.8 Å².